The molecule has 0 fully saturated rings. The average molecular weight is 330 g/mol. The Labute approximate surface area is 145 Å². The van der Waals surface area contributed by atoms with Crippen molar-refractivity contribution in [3.8, 4) is 11.6 Å². The highest BCUT2D eigenvalue weighted by molar-refractivity contribution is 5.78. The number of nitrogens with zero attached hydrogens (tertiary/aromatic N) is 2. The van der Waals surface area contributed by atoms with Crippen molar-refractivity contribution in [2.75, 3.05) is 0 Å². The van der Waals surface area contributed by atoms with Crippen LogP contribution in [0.1, 0.15) is 18.5 Å². The summed E-state index contributed by atoms with van der Waals surface area (Å²) in [5.74, 6) is 1.22. The first-order valence-electron chi connectivity index (χ1n) is 8.36. The molecule has 0 spiro atoms. The Morgan fingerprint density at radius 2 is 1.92 bits per heavy atom. The fraction of sp³-hybridized carbons (Fsp3) is 0.143. The topological polar surface area (TPSA) is 44.1 Å². The van der Waals surface area contributed by atoms with Crippen LogP contribution in [-0.2, 0) is 0 Å². The van der Waals surface area contributed by atoms with E-state index in [0.717, 1.165) is 30.0 Å². The molecule has 4 rings (SSSR count). The van der Waals surface area contributed by atoms with Crippen LogP contribution in [0, 0.1) is 6.92 Å². The SMILES string of the molecule is Cc1ccc2c(=O)cc(OC3=CCCC=C3)n(-c3ccccc3)c2n1. The minimum absolute atomic E-state index is 0.0925. The van der Waals surface area contributed by atoms with E-state index in [-0.39, 0.29) is 5.43 Å². The lowest BCUT2D eigenvalue weighted by Crippen LogP contribution is -2.13. The molecule has 1 aliphatic rings. The molecule has 0 atom stereocenters. The van der Waals surface area contributed by atoms with Crippen molar-refractivity contribution in [1.82, 2.24) is 9.55 Å². The summed E-state index contributed by atoms with van der Waals surface area (Å²) < 4.78 is 7.96. The Balaban J connectivity index is 1.99. The van der Waals surface area contributed by atoms with Crippen molar-refractivity contribution in [2.45, 2.75) is 19.8 Å². The van der Waals surface area contributed by atoms with Crippen molar-refractivity contribution in [3.63, 3.8) is 0 Å². The fourth-order valence-electron chi connectivity index (χ4n) is 2.95. The molecule has 0 saturated carbocycles. The van der Waals surface area contributed by atoms with Gasteiger partial charge in [0.25, 0.3) is 0 Å². The van der Waals surface area contributed by atoms with Gasteiger partial charge in [0.15, 0.2) is 11.1 Å². The molecule has 2 aromatic heterocycles. The summed E-state index contributed by atoms with van der Waals surface area (Å²) in [6.45, 7) is 1.92. The summed E-state index contributed by atoms with van der Waals surface area (Å²) in [6.07, 6.45) is 8.00. The Morgan fingerprint density at radius 1 is 1.08 bits per heavy atom. The molecule has 0 saturated heterocycles. The molecule has 25 heavy (non-hydrogen) atoms. The Morgan fingerprint density at radius 3 is 2.68 bits per heavy atom. The molecule has 0 aliphatic heterocycles. The molecule has 4 nitrogen and oxygen atoms in total. The second kappa shape index (κ2) is 6.40. The molecule has 3 aromatic rings. The number of pyridine rings is 2. The number of allylic oxidation sites excluding steroid dienone is 3. The minimum atomic E-state index is -0.0925. The predicted octanol–water partition coefficient (Wildman–Crippen LogP) is 4.31. The van der Waals surface area contributed by atoms with E-state index in [1.54, 1.807) is 0 Å². The van der Waals surface area contributed by atoms with Crippen molar-refractivity contribution >= 4 is 11.0 Å². The number of fused-ring (bicyclic) bond motifs is 1. The van der Waals surface area contributed by atoms with Crippen LogP contribution >= 0.6 is 0 Å². The van der Waals surface area contributed by atoms with Crippen molar-refractivity contribution in [3.05, 3.63) is 88.4 Å². The molecule has 1 aliphatic carbocycles. The van der Waals surface area contributed by atoms with Crippen LogP contribution in [0.25, 0.3) is 16.7 Å². The molecular formula is C21H18N2O2. The van der Waals surface area contributed by atoms with E-state index in [1.807, 2.05) is 66.1 Å². The van der Waals surface area contributed by atoms with E-state index in [0.29, 0.717) is 16.9 Å². The molecular weight excluding hydrogens is 312 g/mol. The van der Waals surface area contributed by atoms with E-state index in [9.17, 15) is 4.79 Å². The van der Waals surface area contributed by atoms with E-state index in [2.05, 4.69) is 11.1 Å². The second-order valence-corrected chi connectivity index (χ2v) is 6.03. The number of ether oxygens (including phenoxy) is 1. The summed E-state index contributed by atoms with van der Waals surface area (Å²) in [7, 11) is 0. The maximum absolute atomic E-state index is 12.6. The minimum Gasteiger partial charge on any atom is -0.441 e. The standard InChI is InChI=1S/C21H18N2O2/c1-15-12-13-18-19(24)14-20(25-17-10-6-3-7-11-17)23(21(18)22-15)16-8-4-2-5-9-16/h2,4-6,8-14H,3,7H2,1H3. The first-order chi connectivity index (χ1) is 12.2. The second-order valence-electron chi connectivity index (χ2n) is 6.03. The summed E-state index contributed by atoms with van der Waals surface area (Å²) in [5, 5.41) is 0.579. The molecule has 0 unspecified atom stereocenters. The number of para-hydroxylation sites is 1. The zero-order valence-electron chi connectivity index (χ0n) is 14.0. The summed E-state index contributed by atoms with van der Waals surface area (Å²) in [5.41, 5.74) is 2.27. The van der Waals surface area contributed by atoms with Gasteiger partial charge in [-0.15, -0.1) is 0 Å². The fourth-order valence-corrected chi connectivity index (χ4v) is 2.95. The Hall–Kier alpha value is -3.14. The van der Waals surface area contributed by atoms with Gasteiger partial charge in [-0.1, -0.05) is 24.3 Å². The number of hydrogen-bond acceptors (Lipinski definition) is 3. The Bertz CT molecular complexity index is 1050. The predicted molar refractivity (Wildman–Crippen MR) is 99.2 cm³/mol. The molecule has 124 valence electrons. The van der Waals surface area contributed by atoms with E-state index in [4.69, 9.17) is 4.74 Å². The van der Waals surface area contributed by atoms with Gasteiger partial charge in [0.1, 0.15) is 5.76 Å². The first kappa shape index (κ1) is 15.4. The lowest BCUT2D eigenvalue weighted by molar-refractivity contribution is 0.412. The molecule has 0 amide bonds. The van der Waals surface area contributed by atoms with E-state index in [1.165, 1.54) is 6.07 Å². The van der Waals surface area contributed by atoms with Crippen molar-refractivity contribution < 1.29 is 4.74 Å². The lowest BCUT2D eigenvalue weighted by Gasteiger charge is -2.18. The third kappa shape index (κ3) is 2.98. The van der Waals surface area contributed by atoms with E-state index < -0.39 is 0 Å². The number of benzene rings is 1. The van der Waals surface area contributed by atoms with Gasteiger partial charge < -0.3 is 4.74 Å². The molecule has 0 radical (unpaired) electrons. The maximum Gasteiger partial charge on any atom is 0.210 e. The Kier molecular flexibility index (Phi) is 3.94. The highest BCUT2D eigenvalue weighted by Crippen LogP contribution is 2.25. The van der Waals surface area contributed by atoms with Crippen molar-refractivity contribution in [1.29, 1.82) is 0 Å². The van der Waals surface area contributed by atoms with E-state index >= 15 is 0 Å². The summed E-state index contributed by atoms with van der Waals surface area (Å²) in [4.78, 5) is 17.2. The van der Waals surface area contributed by atoms with Gasteiger partial charge in [0, 0.05) is 11.8 Å². The van der Waals surface area contributed by atoms with Gasteiger partial charge in [-0.25, -0.2) is 4.98 Å². The number of aryl methyl sites for hydroxylation is 1. The van der Waals surface area contributed by atoms with Gasteiger partial charge in [-0.3, -0.25) is 9.36 Å². The van der Waals surface area contributed by atoms with Gasteiger partial charge in [0.05, 0.1) is 11.1 Å². The van der Waals surface area contributed by atoms with Gasteiger partial charge in [-0.05, 0) is 56.2 Å². The molecule has 4 heteroatoms. The number of rotatable bonds is 3. The monoisotopic (exact) mass is 330 g/mol. The van der Waals surface area contributed by atoms with Gasteiger partial charge in [0.2, 0.25) is 5.88 Å². The largest absolute Gasteiger partial charge is 0.441 e. The zero-order chi connectivity index (χ0) is 17.2. The van der Waals surface area contributed by atoms with Crippen LogP contribution in [0.15, 0.2) is 77.3 Å². The van der Waals surface area contributed by atoms with Crippen LogP contribution in [0.5, 0.6) is 5.88 Å². The summed E-state index contributed by atoms with van der Waals surface area (Å²) in [6, 6.07) is 15.0. The van der Waals surface area contributed by atoms with Crippen LogP contribution in [0.4, 0.5) is 0 Å². The molecule has 0 N–H and O–H groups in total. The van der Waals surface area contributed by atoms with Gasteiger partial charge >= 0.3 is 0 Å². The number of hydrogen-bond donors (Lipinski definition) is 0. The quantitative estimate of drug-likeness (QED) is 0.719. The molecule has 0 bridgehead atoms. The normalized spacial score (nSPS) is 13.7. The van der Waals surface area contributed by atoms with Crippen LogP contribution < -0.4 is 10.2 Å². The number of aromatic nitrogens is 2. The maximum atomic E-state index is 12.6. The molecule has 2 heterocycles. The third-order valence-corrected chi connectivity index (χ3v) is 4.16. The third-order valence-electron chi connectivity index (χ3n) is 4.16. The van der Waals surface area contributed by atoms with Crippen LogP contribution in [0.2, 0.25) is 0 Å². The molecule has 1 aromatic carbocycles. The smallest absolute Gasteiger partial charge is 0.210 e. The van der Waals surface area contributed by atoms with Gasteiger partial charge in [-0.2, -0.15) is 0 Å². The summed E-state index contributed by atoms with van der Waals surface area (Å²) >= 11 is 0. The highest BCUT2D eigenvalue weighted by Gasteiger charge is 2.14. The lowest BCUT2D eigenvalue weighted by atomic mass is 10.2. The van der Waals surface area contributed by atoms with Crippen molar-refractivity contribution in [2.24, 2.45) is 0 Å². The van der Waals surface area contributed by atoms with Crippen LogP contribution in [0.3, 0.4) is 0 Å². The highest BCUT2D eigenvalue weighted by atomic mass is 16.5. The first-order valence-corrected chi connectivity index (χ1v) is 8.36. The average Bonchev–Trinajstić information content (AvgIpc) is 2.63. The zero-order valence-corrected chi connectivity index (χ0v) is 14.0. The van der Waals surface area contributed by atoms with Crippen LogP contribution in [-0.4, -0.2) is 9.55 Å².